The molecule has 2 amide bonds. The molecule has 0 radical (unpaired) electrons. The topological polar surface area (TPSA) is 143 Å². The largest absolute Gasteiger partial charge is 0.382 e. The van der Waals surface area contributed by atoms with E-state index in [4.69, 9.17) is 10.5 Å². The second-order valence-corrected chi connectivity index (χ2v) is 18.1. The van der Waals surface area contributed by atoms with Crippen molar-refractivity contribution in [1.82, 2.24) is 30.2 Å². The van der Waals surface area contributed by atoms with Crippen molar-refractivity contribution < 1.29 is 9.59 Å². The number of hydrogen-bond acceptors (Lipinski definition) is 10. The molecule has 0 aliphatic carbocycles. The summed E-state index contributed by atoms with van der Waals surface area (Å²) in [5.41, 5.74) is 8.13. The fourth-order valence-electron chi connectivity index (χ4n) is 9.26. The average Bonchev–Trinajstić information content (AvgIpc) is 3.31. The van der Waals surface area contributed by atoms with Gasteiger partial charge in [0.15, 0.2) is 0 Å². The molecule has 2 atom stereocenters. The van der Waals surface area contributed by atoms with Crippen LogP contribution in [-0.2, 0) is 35.5 Å². The molecule has 4 aliphatic heterocycles. The number of benzene rings is 4. The molecule has 0 spiro atoms. The summed E-state index contributed by atoms with van der Waals surface area (Å²) in [4.78, 5) is 34.6. The highest BCUT2D eigenvalue weighted by atomic mass is 16.2. The maximum atomic E-state index is 12.8. The van der Waals surface area contributed by atoms with Gasteiger partial charge in [-0.05, 0) is 104 Å². The third kappa shape index (κ3) is 14.1. The number of nitriles is 2. The van der Waals surface area contributed by atoms with E-state index < -0.39 is 0 Å². The third-order valence-electron chi connectivity index (χ3n) is 12.9. The average molecular weight is 863 g/mol. The summed E-state index contributed by atoms with van der Waals surface area (Å²) >= 11 is 0. The predicted octanol–water partition coefficient (Wildman–Crippen LogP) is 6.00. The number of nitrogens with zero attached hydrogens (tertiary/aromatic N) is 6. The van der Waals surface area contributed by atoms with E-state index in [0.717, 1.165) is 127 Å². The Morgan fingerprint density at radius 2 is 1.00 bits per heavy atom. The number of hydrogen-bond donors (Lipinski definition) is 4. The number of anilines is 2. The number of piperazine rings is 2. The molecule has 4 aromatic carbocycles. The van der Waals surface area contributed by atoms with Gasteiger partial charge in [-0.3, -0.25) is 19.4 Å². The first-order valence-corrected chi connectivity index (χ1v) is 23.3. The molecule has 336 valence electrons. The molecule has 4 fully saturated rings. The van der Waals surface area contributed by atoms with Crippen molar-refractivity contribution in [3.8, 4) is 12.1 Å². The van der Waals surface area contributed by atoms with Crippen molar-refractivity contribution in [3.63, 3.8) is 0 Å². The van der Waals surface area contributed by atoms with Crippen LogP contribution < -0.4 is 21.3 Å². The van der Waals surface area contributed by atoms with Gasteiger partial charge in [-0.15, -0.1) is 0 Å². The fourth-order valence-corrected chi connectivity index (χ4v) is 9.26. The summed E-state index contributed by atoms with van der Waals surface area (Å²) in [6.07, 6.45) is 4.66. The number of likely N-dealkylation sites (tertiary alicyclic amines) is 2. The molecule has 0 aromatic heterocycles. The molecule has 0 saturated carbocycles. The number of carbonyl (C=O) groups excluding carboxylic acids is 2. The second kappa shape index (κ2) is 23.3. The highest BCUT2D eigenvalue weighted by Gasteiger charge is 2.25. The zero-order chi connectivity index (χ0) is 44.7. The molecule has 12 nitrogen and oxygen atoms in total. The van der Waals surface area contributed by atoms with Gasteiger partial charge >= 0.3 is 0 Å². The normalized spacial score (nSPS) is 20.0. The van der Waals surface area contributed by atoms with Crippen molar-refractivity contribution in [3.05, 3.63) is 130 Å². The van der Waals surface area contributed by atoms with E-state index in [0.29, 0.717) is 48.1 Å². The van der Waals surface area contributed by atoms with Crippen molar-refractivity contribution in [2.24, 2.45) is 0 Å². The molecule has 12 heteroatoms. The Morgan fingerprint density at radius 1 is 0.562 bits per heavy atom. The SMILES string of the molecule is C[C@H]1CN(Cc2ccc(CC(=O)N3CCC(Nc4ccc(C#N)cc4)CC3)cc2)CCN1.C[C@H]1CN(Cc2ccc(CC(=O)N3CCC(Nc4cccc(C#N)c4)CC3)cc2)CCN1. The van der Waals surface area contributed by atoms with Crippen LogP contribution in [-0.4, -0.2) is 121 Å². The van der Waals surface area contributed by atoms with E-state index in [1.54, 1.807) is 0 Å². The summed E-state index contributed by atoms with van der Waals surface area (Å²) in [5, 5.41) is 32.0. The van der Waals surface area contributed by atoms with Gasteiger partial charge in [-0.2, -0.15) is 10.5 Å². The molecule has 4 heterocycles. The highest BCUT2D eigenvalue weighted by molar-refractivity contribution is 5.79. The van der Waals surface area contributed by atoms with Crippen molar-refractivity contribution >= 4 is 23.2 Å². The monoisotopic (exact) mass is 863 g/mol. The molecule has 4 aliphatic rings. The summed E-state index contributed by atoms with van der Waals surface area (Å²) in [6, 6.07) is 38.3. The number of carbonyl (C=O) groups is 2. The van der Waals surface area contributed by atoms with E-state index >= 15 is 0 Å². The van der Waals surface area contributed by atoms with Crippen LogP contribution in [0.2, 0.25) is 0 Å². The lowest BCUT2D eigenvalue weighted by Gasteiger charge is -2.33. The Hall–Kier alpha value is -5.76. The lowest BCUT2D eigenvalue weighted by Crippen LogP contribution is -2.48. The van der Waals surface area contributed by atoms with E-state index in [-0.39, 0.29) is 11.8 Å². The second-order valence-electron chi connectivity index (χ2n) is 18.1. The van der Waals surface area contributed by atoms with E-state index in [1.807, 2.05) is 58.3 Å². The van der Waals surface area contributed by atoms with Gasteiger partial charge in [0.25, 0.3) is 0 Å². The lowest BCUT2D eigenvalue weighted by molar-refractivity contribution is -0.132. The Bertz CT molecular complexity index is 2180. The Morgan fingerprint density at radius 3 is 1.44 bits per heavy atom. The van der Waals surface area contributed by atoms with Crippen LogP contribution in [0.5, 0.6) is 0 Å². The van der Waals surface area contributed by atoms with Crippen LogP contribution in [0.3, 0.4) is 0 Å². The third-order valence-corrected chi connectivity index (χ3v) is 12.9. The fraction of sp³-hybridized carbons (Fsp3) is 0.462. The zero-order valence-electron chi connectivity index (χ0n) is 37.8. The van der Waals surface area contributed by atoms with Crippen LogP contribution in [0, 0.1) is 22.7 Å². The smallest absolute Gasteiger partial charge is 0.226 e. The van der Waals surface area contributed by atoms with Crippen molar-refractivity contribution in [1.29, 1.82) is 10.5 Å². The van der Waals surface area contributed by atoms with Gasteiger partial charge in [0.2, 0.25) is 11.8 Å². The van der Waals surface area contributed by atoms with Gasteiger partial charge in [0.1, 0.15) is 0 Å². The quantitative estimate of drug-likeness (QED) is 0.134. The number of nitrogens with one attached hydrogen (secondary N) is 4. The minimum Gasteiger partial charge on any atom is -0.382 e. The van der Waals surface area contributed by atoms with Crippen LogP contribution in [0.15, 0.2) is 97.1 Å². The van der Waals surface area contributed by atoms with Gasteiger partial charge < -0.3 is 31.1 Å². The Kier molecular flexibility index (Phi) is 16.8. The van der Waals surface area contributed by atoms with Crippen molar-refractivity contribution in [2.75, 3.05) is 76.1 Å². The van der Waals surface area contributed by atoms with Crippen molar-refractivity contribution in [2.45, 2.75) is 89.6 Å². The maximum Gasteiger partial charge on any atom is 0.226 e. The van der Waals surface area contributed by atoms with Gasteiger partial charge in [0.05, 0.1) is 36.1 Å². The summed E-state index contributed by atoms with van der Waals surface area (Å²) in [5.74, 6) is 0.420. The number of piperidine rings is 2. The summed E-state index contributed by atoms with van der Waals surface area (Å²) < 4.78 is 0. The molecular weight excluding hydrogens is 797 g/mol. The van der Waals surface area contributed by atoms with Gasteiger partial charge in [-0.25, -0.2) is 0 Å². The molecule has 4 saturated heterocycles. The Balaban J connectivity index is 0.000000191. The van der Waals surface area contributed by atoms with Crippen LogP contribution in [0.1, 0.15) is 72.9 Å². The van der Waals surface area contributed by atoms with E-state index in [2.05, 4.69) is 106 Å². The molecular formula is C52H66N10O2. The molecule has 0 bridgehead atoms. The standard InChI is InChI=1S/2C26H33N5O/c1-20-18-30(15-12-28-20)19-23-4-2-21(3-5-23)16-26(32)31-13-10-25(11-14-31)29-24-8-6-22(17-27)7-9-24;1-20-18-30(14-11-28-20)19-22-7-5-21(6-8-22)16-26(32)31-12-9-24(10-13-31)29-25-4-2-3-23(15-25)17-27/h2-9,20,25,28-29H,10-16,18-19H2,1H3;2-8,15,20,24,28-29H,9-14,16,18-19H2,1H3/t2*20-/m00/s1. The van der Waals surface area contributed by atoms with Gasteiger partial charge in [0, 0.05) is 114 Å². The summed E-state index contributed by atoms with van der Waals surface area (Å²) in [7, 11) is 0. The summed E-state index contributed by atoms with van der Waals surface area (Å²) in [6.45, 7) is 15.9. The molecule has 0 unspecified atom stereocenters. The van der Waals surface area contributed by atoms with Crippen LogP contribution in [0.4, 0.5) is 11.4 Å². The number of amides is 2. The minimum absolute atomic E-state index is 0.207. The van der Waals surface area contributed by atoms with E-state index in [9.17, 15) is 9.59 Å². The lowest BCUT2D eigenvalue weighted by atomic mass is 10.0. The molecule has 64 heavy (non-hydrogen) atoms. The number of rotatable bonds is 12. The van der Waals surface area contributed by atoms with E-state index in [1.165, 1.54) is 11.1 Å². The Labute approximate surface area is 380 Å². The zero-order valence-corrected chi connectivity index (χ0v) is 37.8. The first-order valence-electron chi connectivity index (χ1n) is 23.3. The highest BCUT2D eigenvalue weighted by Crippen LogP contribution is 2.21. The molecule has 8 rings (SSSR count). The maximum absolute atomic E-state index is 12.8. The minimum atomic E-state index is 0.207. The van der Waals surface area contributed by atoms with Crippen LogP contribution >= 0.6 is 0 Å². The molecule has 4 aromatic rings. The van der Waals surface area contributed by atoms with Gasteiger partial charge in [-0.1, -0.05) is 54.6 Å². The first kappa shape index (κ1) is 46.2. The predicted molar refractivity (Wildman–Crippen MR) is 255 cm³/mol. The first-order chi connectivity index (χ1) is 31.2. The molecule has 4 N–H and O–H groups in total. The van der Waals surface area contributed by atoms with Crippen LogP contribution in [0.25, 0.3) is 0 Å².